The van der Waals surface area contributed by atoms with Crippen molar-refractivity contribution in [1.29, 1.82) is 0 Å². The largest absolute Gasteiger partial charge is 0.316 e. The Hall–Kier alpha value is -0.440. The van der Waals surface area contributed by atoms with Gasteiger partial charge in [0.25, 0.3) is 0 Å². The summed E-state index contributed by atoms with van der Waals surface area (Å²) in [7, 11) is 0. The van der Waals surface area contributed by atoms with Crippen molar-refractivity contribution in [1.82, 2.24) is 5.32 Å². The molecule has 2 aliphatic rings. The van der Waals surface area contributed by atoms with Crippen molar-refractivity contribution in [2.45, 2.75) is 0 Å². The first kappa shape index (κ1) is 8.65. The molecule has 0 radical (unpaired) electrons. The Balaban J connectivity index is 0.000000605. The standard InChI is InChI=1S/C6H10N4.ClH/c7-10-9-3-6-4-1-8-2-5(4)6;/h4-6,8H,1-3H2;1H. The number of fused-ring (bicyclic) bond motifs is 1. The van der Waals surface area contributed by atoms with Crippen LogP contribution in [0.2, 0.25) is 0 Å². The molecule has 0 spiro atoms. The summed E-state index contributed by atoms with van der Waals surface area (Å²) in [6.07, 6.45) is 0. The number of nitrogens with one attached hydrogen (secondary N) is 1. The predicted octanol–water partition coefficient (Wildman–Crippen LogP) is 1.18. The molecule has 2 unspecified atom stereocenters. The van der Waals surface area contributed by atoms with Crippen LogP contribution in [0.25, 0.3) is 10.4 Å². The summed E-state index contributed by atoms with van der Waals surface area (Å²) in [5, 5.41) is 6.86. The van der Waals surface area contributed by atoms with Crippen molar-refractivity contribution in [2.75, 3.05) is 19.6 Å². The number of hydrogen-bond donors (Lipinski definition) is 1. The summed E-state index contributed by atoms with van der Waals surface area (Å²) < 4.78 is 0. The predicted molar refractivity (Wildman–Crippen MR) is 44.6 cm³/mol. The van der Waals surface area contributed by atoms with Gasteiger partial charge in [0.05, 0.1) is 0 Å². The van der Waals surface area contributed by atoms with Gasteiger partial charge in [-0.3, -0.25) is 0 Å². The van der Waals surface area contributed by atoms with Gasteiger partial charge in [-0.15, -0.1) is 12.4 Å². The Morgan fingerprint density at radius 2 is 2.09 bits per heavy atom. The number of piperidine rings is 1. The van der Waals surface area contributed by atoms with Gasteiger partial charge in [-0.1, -0.05) is 5.11 Å². The van der Waals surface area contributed by atoms with E-state index in [2.05, 4.69) is 15.3 Å². The molecule has 1 aliphatic heterocycles. The van der Waals surface area contributed by atoms with E-state index in [0.717, 1.165) is 24.9 Å². The molecule has 2 rings (SSSR count). The van der Waals surface area contributed by atoms with E-state index in [4.69, 9.17) is 5.53 Å². The maximum Gasteiger partial charge on any atom is 0.0292 e. The summed E-state index contributed by atoms with van der Waals surface area (Å²) in [5.74, 6) is 2.35. The van der Waals surface area contributed by atoms with Gasteiger partial charge in [-0.2, -0.15) is 0 Å². The molecule has 0 aromatic rings. The van der Waals surface area contributed by atoms with Crippen LogP contribution in [0, 0.1) is 17.8 Å². The number of halogens is 1. The van der Waals surface area contributed by atoms with Crippen LogP contribution in [0.15, 0.2) is 5.11 Å². The highest BCUT2D eigenvalue weighted by molar-refractivity contribution is 5.85. The minimum Gasteiger partial charge on any atom is -0.316 e. The van der Waals surface area contributed by atoms with E-state index in [1.807, 2.05) is 0 Å². The quantitative estimate of drug-likeness (QED) is 0.382. The second-order valence-electron chi connectivity index (χ2n) is 3.06. The van der Waals surface area contributed by atoms with Gasteiger partial charge in [-0.05, 0) is 36.4 Å². The highest BCUT2D eigenvalue weighted by atomic mass is 35.5. The molecular formula is C6H11ClN4. The number of hydrogen-bond acceptors (Lipinski definition) is 2. The van der Waals surface area contributed by atoms with Gasteiger partial charge in [0.2, 0.25) is 0 Å². The summed E-state index contributed by atoms with van der Waals surface area (Å²) in [6, 6.07) is 0. The molecule has 1 saturated carbocycles. The maximum atomic E-state index is 8.05. The molecule has 2 atom stereocenters. The Morgan fingerprint density at radius 3 is 2.64 bits per heavy atom. The van der Waals surface area contributed by atoms with Gasteiger partial charge in [0.15, 0.2) is 0 Å². The van der Waals surface area contributed by atoms with E-state index >= 15 is 0 Å². The fraction of sp³-hybridized carbons (Fsp3) is 1.00. The Kier molecular flexibility index (Phi) is 2.60. The lowest BCUT2D eigenvalue weighted by Crippen LogP contribution is -2.15. The van der Waals surface area contributed by atoms with Gasteiger partial charge >= 0.3 is 0 Å². The highest BCUT2D eigenvalue weighted by Gasteiger charge is 2.51. The van der Waals surface area contributed by atoms with Gasteiger partial charge in [0, 0.05) is 11.5 Å². The molecule has 1 N–H and O–H groups in total. The monoisotopic (exact) mass is 174 g/mol. The second kappa shape index (κ2) is 3.30. The van der Waals surface area contributed by atoms with Crippen molar-refractivity contribution in [3.63, 3.8) is 0 Å². The van der Waals surface area contributed by atoms with Crippen LogP contribution in [0.5, 0.6) is 0 Å². The molecule has 5 heteroatoms. The SMILES string of the molecule is Cl.[N-]=[N+]=NCC1C2CNCC12. The van der Waals surface area contributed by atoms with Crippen molar-refractivity contribution in [3.05, 3.63) is 10.4 Å². The zero-order chi connectivity index (χ0) is 6.97. The molecule has 0 aromatic carbocycles. The molecule has 4 nitrogen and oxygen atoms in total. The molecule has 11 heavy (non-hydrogen) atoms. The van der Waals surface area contributed by atoms with E-state index in [0.29, 0.717) is 12.5 Å². The van der Waals surface area contributed by atoms with Gasteiger partial charge < -0.3 is 5.32 Å². The van der Waals surface area contributed by atoms with Crippen molar-refractivity contribution < 1.29 is 0 Å². The molecule has 0 aromatic heterocycles. The van der Waals surface area contributed by atoms with Gasteiger partial charge in [0.1, 0.15) is 0 Å². The third-order valence-corrected chi connectivity index (χ3v) is 2.62. The van der Waals surface area contributed by atoms with Crippen LogP contribution < -0.4 is 5.32 Å². The summed E-state index contributed by atoms with van der Waals surface area (Å²) in [6.45, 7) is 2.99. The third-order valence-electron chi connectivity index (χ3n) is 2.62. The number of azide groups is 1. The summed E-state index contributed by atoms with van der Waals surface area (Å²) in [5.41, 5.74) is 8.05. The summed E-state index contributed by atoms with van der Waals surface area (Å²) in [4.78, 5) is 2.75. The molecule has 1 heterocycles. The second-order valence-corrected chi connectivity index (χ2v) is 3.06. The first-order valence-electron chi connectivity index (χ1n) is 3.65. The zero-order valence-electron chi connectivity index (χ0n) is 6.10. The smallest absolute Gasteiger partial charge is 0.0292 e. The fourth-order valence-electron chi connectivity index (χ4n) is 1.95. The highest BCUT2D eigenvalue weighted by Crippen LogP contribution is 2.48. The first-order chi connectivity index (χ1) is 4.93. The van der Waals surface area contributed by atoms with Crippen LogP contribution in [-0.2, 0) is 0 Å². The molecule has 0 bridgehead atoms. The van der Waals surface area contributed by atoms with E-state index in [-0.39, 0.29) is 12.4 Å². The molecule has 2 fully saturated rings. The summed E-state index contributed by atoms with van der Waals surface area (Å²) >= 11 is 0. The fourth-order valence-corrected chi connectivity index (χ4v) is 1.95. The minimum atomic E-state index is 0. The van der Waals surface area contributed by atoms with Crippen LogP contribution in [0.3, 0.4) is 0 Å². The Morgan fingerprint density at radius 1 is 1.45 bits per heavy atom. The van der Waals surface area contributed by atoms with Gasteiger partial charge in [-0.25, -0.2) is 0 Å². The van der Waals surface area contributed by atoms with Crippen LogP contribution in [0.4, 0.5) is 0 Å². The van der Waals surface area contributed by atoms with Crippen LogP contribution in [-0.4, -0.2) is 19.6 Å². The number of nitrogens with zero attached hydrogens (tertiary/aromatic N) is 3. The van der Waals surface area contributed by atoms with Crippen LogP contribution in [0.1, 0.15) is 0 Å². The lowest BCUT2D eigenvalue weighted by molar-refractivity contribution is 0.603. The molecule has 0 amide bonds. The van der Waals surface area contributed by atoms with E-state index in [1.54, 1.807) is 0 Å². The van der Waals surface area contributed by atoms with E-state index in [9.17, 15) is 0 Å². The lowest BCUT2D eigenvalue weighted by Gasteiger charge is -1.97. The van der Waals surface area contributed by atoms with E-state index < -0.39 is 0 Å². The molecular weight excluding hydrogens is 164 g/mol. The molecule has 62 valence electrons. The minimum absolute atomic E-state index is 0. The molecule has 1 aliphatic carbocycles. The Bertz CT molecular complexity index is 179. The van der Waals surface area contributed by atoms with Crippen molar-refractivity contribution in [2.24, 2.45) is 22.9 Å². The normalized spacial score (nSPS) is 38.4. The van der Waals surface area contributed by atoms with Crippen molar-refractivity contribution in [3.8, 4) is 0 Å². The van der Waals surface area contributed by atoms with Crippen molar-refractivity contribution >= 4 is 12.4 Å². The zero-order valence-corrected chi connectivity index (χ0v) is 6.92. The maximum absolute atomic E-state index is 8.05. The van der Waals surface area contributed by atoms with E-state index in [1.165, 1.54) is 0 Å². The van der Waals surface area contributed by atoms with Crippen LogP contribution >= 0.6 is 12.4 Å². The average molecular weight is 175 g/mol. The average Bonchev–Trinajstić information content (AvgIpc) is 2.46. The molecule has 1 saturated heterocycles. The third kappa shape index (κ3) is 1.43. The Labute approximate surface area is 71.4 Å². The topological polar surface area (TPSA) is 60.8 Å². The first-order valence-corrected chi connectivity index (χ1v) is 3.65. The lowest BCUT2D eigenvalue weighted by atomic mass is 10.3. The number of rotatable bonds is 2.